The zero-order chi connectivity index (χ0) is 40.7. The summed E-state index contributed by atoms with van der Waals surface area (Å²) in [4.78, 5) is 12.6. The van der Waals surface area contributed by atoms with E-state index in [-0.39, 0.29) is 11.9 Å². The van der Waals surface area contributed by atoms with Gasteiger partial charge in [-0.2, -0.15) is 0 Å². The van der Waals surface area contributed by atoms with E-state index in [2.05, 4.69) is 27.7 Å². The van der Waals surface area contributed by atoms with Crippen LogP contribution in [0.4, 0.5) is 0 Å². The number of carbonyl (C=O) groups excluding carboxylic acids is 1. The molecule has 1 atom stereocenters. The molecule has 1 unspecified atom stereocenters. The van der Waals surface area contributed by atoms with Crippen LogP contribution in [0.2, 0.25) is 0 Å². The van der Waals surface area contributed by atoms with Crippen molar-refractivity contribution in [2.24, 2.45) is 11.8 Å². The molecule has 2 nitrogen and oxygen atoms in total. The standard InChI is InChI=1S/C54H108O2/c1-5-7-8-9-10-11-12-13-14-15-16-17-18-19-20-21-22-23-24-25-26-27-28-29-30-31-32-36-39-42-45-48-51-56-54(55)53(6-2)50-47-44-41-38-35-33-34-37-40-43-46-49-52(3)4/h52-53H,5-51H2,1-4H3. The largest absolute Gasteiger partial charge is 0.465 e. The van der Waals surface area contributed by atoms with Crippen LogP contribution < -0.4 is 0 Å². The van der Waals surface area contributed by atoms with Gasteiger partial charge in [0.1, 0.15) is 0 Å². The summed E-state index contributed by atoms with van der Waals surface area (Å²) in [7, 11) is 0. The van der Waals surface area contributed by atoms with E-state index in [0.29, 0.717) is 6.61 Å². The van der Waals surface area contributed by atoms with E-state index in [0.717, 1.165) is 25.2 Å². The maximum absolute atomic E-state index is 12.6. The first-order chi connectivity index (χ1) is 27.6. The average molecular weight is 789 g/mol. The minimum absolute atomic E-state index is 0.0710. The minimum atomic E-state index is 0.0710. The number of rotatable bonds is 49. The second-order valence-electron chi connectivity index (χ2n) is 19.1. The Kier molecular flexibility index (Phi) is 48.4. The van der Waals surface area contributed by atoms with E-state index >= 15 is 0 Å². The van der Waals surface area contributed by atoms with Crippen LogP contribution in [0.5, 0.6) is 0 Å². The summed E-state index contributed by atoms with van der Waals surface area (Å²) in [6, 6.07) is 0. The first-order valence-corrected chi connectivity index (χ1v) is 26.8. The summed E-state index contributed by atoms with van der Waals surface area (Å²) in [5.74, 6) is 1.06. The lowest BCUT2D eigenvalue weighted by atomic mass is 9.97. The van der Waals surface area contributed by atoms with Gasteiger partial charge in [0.05, 0.1) is 12.5 Å². The third-order valence-corrected chi connectivity index (χ3v) is 12.9. The van der Waals surface area contributed by atoms with Gasteiger partial charge in [-0.1, -0.05) is 304 Å². The van der Waals surface area contributed by atoms with Crippen LogP contribution in [0.3, 0.4) is 0 Å². The van der Waals surface area contributed by atoms with Gasteiger partial charge in [-0.05, 0) is 25.2 Å². The van der Waals surface area contributed by atoms with Gasteiger partial charge in [0.25, 0.3) is 0 Å². The number of hydrogen-bond donors (Lipinski definition) is 0. The van der Waals surface area contributed by atoms with Crippen molar-refractivity contribution in [2.45, 2.75) is 323 Å². The molecule has 0 saturated heterocycles. The number of unbranched alkanes of at least 4 members (excludes halogenated alkanes) is 41. The fourth-order valence-electron chi connectivity index (χ4n) is 8.79. The van der Waals surface area contributed by atoms with Crippen molar-refractivity contribution in [2.75, 3.05) is 6.61 Å². The maximum Gasteiger partial charge on any atom is 0.308 e. The van der Waals surface area contributed by atoms with Gasteiger partial charge in [-0.25, -0.2) is 0 Å². The molecule has 0 saturated carbocycles. The minimum Gasteiger partial charge on any atom is -0.465 e. The van der Waals surface area contributed by atoms with Crippen molar-refractivity contribution < 1.29 is 9.53 Å². The van der Waals surface area contributed by atoms with Crippen LogP contribution in [0, 0.1) is 11.8 Å². The van der Waals surface area contributed by atoms with E-state index in [9.17, 15) is 4.79 Å². The highest BCUT2D eigenvalue weighted by atomic mass is 16.5. The van der Waals surface area contributed by atoms with E-state index < -0.39 is 0 Å². The summed E-state index contributed by atoms with van der Waals surface area (Å²) in [6.45, 7) is 9.76. The molecule has 0 rings (SSSR count). The number of ether oxygens (including phenoxy) is 1. The molecule has 0 amide bonds. The first-order valence-electron chi connectivity index (χ1n) is 26.8. The van der Waals surface area contributed by atoms with Crippen molar-refractivity contribution in [3.63, 3.8) is 0 Å². The molecular formula is C54H108O2. The van der Waals surface area contributed by atoms with Crippen LogP contribution in [-0.4, -0.2) is 12.6 Å². The first kappa shape index (κ1) is 55.5. The van der Waals surface area contributed by atoms with Crippen molar-refractivity contribution in [3.05, 3.63) is 0 Å². The summed E-state index contributed by atoms with van der Waals surface area (Å²) in [5, 5.41) is 0. The Morgan fingerprint density at radius 1 is 0.321 bits per heavy atom. The van der Waals surface area contributed by atoms with Crippen LogP contribution in [0.15, 0.2) is 0 Å². The molecule has 0 N–H and O–H groups in total. The highest BCUT2D eigenvalue weighted by Gasteiger charge is 2.17. The molecule has 0 aromatic rings. The van der Waals surface area contributed by atoms with Gasteiger partial charge < -0.3 is 4.74 Å². The SMILES string of the molecule is CCCCCCCCCCCCCCCCCCCCCCCCCCCCCCCCCCOC(=O)C(CC)CCCCCCCCCCCCCC(C)C. The Bertz CT molecular complexity index is 715. The highest BCUT2D eigenvalue weighted by molar-refractivity contribution is 5.72. The molecule has 0 radical (unpaired) electrons. The lowest BCUT2D eigenvalue weighted by Crippen LogP contribution is -2.17. The zero-order valence-electron chi connectivity index (χ0n) is 39.7. The number of carbonyl (C=O) groups is 1. The van der Waals surface area contributed by atoms with Crippen molar-refractivity contribution >= 4 is 5.97 Å². The van der Waals surface area contributed by atoms with Crippen molar-refractivity contribution in [1.82, 2.24) is 0 Å². The second kappa shape index (κ2) is 48.8. The Labute approximate surface area is 355 Å². The quantitative estimate of drug-likeness (QED) is 0.0453. The lowest BCUT2D eigenvalue weighted by molar-refractivity contribution is -0.149. The Balaban J connectivity index is 3.27. The van der Waals surface area contributed by atoms with Gasteiger partial charge in [0.15, 0.2) is 0 Å². The Hall–Kier alpha value is -0.530. The van der Waals surface area contributed by atoms with Crippen molar-refractivity contribution in [1.29, 1.82) is 0 Å². The van der Waals surface area contributed by atoms with Crippen LogP contribution >= 0.6 is 0 Å². The topological polar surface area (TPSA) is 26.3 Å². The van der Waals surface area contributed by atoms with Gasteiger partial charge in [-0.3, -0.25) is 4.79 Å². The van der Waals surface area contributed by atoms with E-state index in [1.807, 2.05) is 0 Å². The molecule has 0 aromatic carbocycles. The van der Waals surface area contributed by atoms with Gasteiger partial charge >= 0.3 is 5.97 Å². The summed E-state index contributed by atoms with van der Waals surface area (Å²) < 4.78 is 5.69. The molecule has 0 aliphatic heterocycles. The van der Waals surface area contributed by atoms with E-state index in [1.165, 1.54) is 276 Å². The molecule has 0 heterocycles. The molecule has 336 valence electrons. The summed E-state index contributed by atoms with van der Waals surface area (Å²) in [6.07, 6.45) is 64.2. The molecule has 0 spiro atoms. The van der Waals surface area contributed by atoms with Crippen LogP contribution in [0.1, 0.15) is 323 Å². The Morgan fingerprint density at radius 3 is 0.804 bits per heavy atom. The van der Waals surface area contributed by atoms with E-state index in [4.69, 9.17) is 4.74 Å². The number of hydrogen-bond acceptors (Lipinski definition) is 2. The molecule has 56 heavy (non-hydrogen) atoms. The van der Waals surface area contributed by atoms with Gasteiger partial charge in [0, 0.05) is 0 Å². The molecule has 0 fully saturated rings. The zero-order valence-corrected chi connectivity index (χ0v) is 39.7. The summed E-state index contributed by atoms with van der Waals surface area (Å²) in [5.41, 5.74) is 0. The van der Waals surface area contributed by atoms with Crippen LogP contribution in [-0.2, 0) is 9.53 Å². The average Bonchev–Trinajstić information content (AvgIpc) is 3.19. The fraction of sp³-hybridized carbons (Fsp3) is 0.981. The Morgan fingerprint density at radius 2 is 0.554 bits per heavy atom. The third-order valence-electron chi connectivity index (χ3n) is 12.9. The highest BCUT2D eigenvalue weighted by Crippen LogP contribution is 2.20. The van der Waals surface area contributed by atoms with Crippen molar-refractivity contribution in [3.8, 4) is 0 Å². The fourth-order valence-corrected chi connectivity index (χ4v) is 8.79. The lowest BCUT2D eigenvalue weighted by Gasteiger charge is -2.14. The van der Waals surface area contributed by atoms with Gasteiger partial charge in [0.2, 0.25) is 0 Å². The molecule has 0 aromatic heterocycles. The molecular weight excluding hydrogens is 681 g/mol. The normalized spacial score (nSPS) is 12.2. The van der Waals surface area contributed by atoms with Gasteiger partial charge in [-0.15, -0.1) is 0 Å². The predicted octanol–water partition coefficient (Wildman–Crippen LogP) is 19.8. The van der Waals surface area contributed by atoms with Crippen LogP contribution in [0.25, 0.3) is 0 Å². The number of esters is 1. The maximum atomic E-state index is 12.6. The predicted molar refractivity (Wildman–Crippen MR) is 253 cm³/mol. The smallest absolute Gasteiger partial charge is 0.308 e. The second-order valence-corrected chi connectivity index (χ2v) is 19.1. The molecule has 2 heteroatoms. The molecule has 0 aliphatic rings. The molecule has 0 aliphatic carbocycles. The summed E-state index contributed by atoms with van der Waals surface area (Å²) >= 11 is 0. The third kappa shape index (κ3) is 46.2. The monoisotopic (exact) mass is 789 g/mol. The van der Waals surface area contributed by atoms with E-state index in [1.54, 1.807) is 0 Å². The molecule has 0 bridgehead atoms.